The Morgan fingerprint density at radius 2 is 1.08 bits per heavy atom. The Labute approximate surface area is 150 Å². The number of benzene rings is 3. The molecule has 0 heteroatoms. The van der Waals surface area contributed by atoms with Gasteiger partial charge >= 0.3 is 0 Å². The Morgan fingerprint density at radius 1 is 0.560 bits per heavy atom. The van der Waals surface area contributed by atoms with Gasteiger partial charge in [-0.25, -0.2) is 0 Å². The van der Waals surface area contributed by atoms with Crippen LogP contribution in [0.25, 0.3) is 11.1 Å². The summed E-state index contributed by atoms with van der Waals surface area (Å²) in [7, 11) is 0. The van der Waals surface area contributed by atoms with Crippen LogP contribution in [-0.2, 0) is 5.41 Å². The molecular formula is C25H24. The summed E-state index contributed by atoms with van der Waals surface area (Å²) in [5, 5.41) is 0. The summed E-state index contributed by atoms with van der Waals surface area (Å²) >= 11 is 0. The van der Waals surface area contributed by atoms with Crippen molar-refractivity contribution in [2.45, 2.75) is 37.5 Å². The van der Waals surface area contributed by atoms with Gasteiger partial charge in [-0.3, -0.25) is 0 Å². The van der Waals surface area contributed by atoms with E-state index >= 15 is 0 Å². The second-order valence-electron chi connectivity index (χ2n) is 7.60. The fourth-order valence-electron chi connectivity index (χ4n) is 5.49. The number of hydrogen-bond acceptors (Lipinski definition) is 0. The second kappa shape index (κ2) is 5.88. The SMILES string of the molecule is c1ccc(C2(C3CCCCC3)c3ccccc3-c3ccccc32)cc1. The van der Waals surface area contributed by atoms with Gasteiger partial charge in [-0.05, 0) is 46.6 Å². The summed E-state index contributed by atoms with van der Waals surface area (Å²) in [5.41, 5.74) is 7.41. The summed E-state index contributed by atoms with van der Waals surface area (Å²) in [5.74, 6) is 0.688. The Balaban J connectivity index is 1.87. The molecule has 1 fully saturated rings. The van der Waals surface area contributed by atoms with Gasteiger partial charge in [-0.1, -0.05) is 98.1 Å². The molecule has 0 atom stereocenters. The molecule has 0 radical (unpaired) electrons. The van der Waals surface area contributed by atoms with Crippen LogP contribution in [0.2, 0.25) is 0 Å². The third-order valence-electron chi connectivity index (χ3n) is 6.44. The molecule has 3 aromatic rings. The monoisotopic (exact) mass is 324 g/mol. The first kappa shape index (κ1) is 15.0. The molecule has 0 spiro atoms. The quantitative estimate of drug-likeness (QED) is 0.499. The first-order valence-corrected chi connectivity index (χ1v) is 9.67. The van der Waals surface area contributed by atoms with Crippen molar-refractivity contribution in [3.8, 4) is 11.1 Å². The molecule has 124 valence electrons. The van der Waals surface area contributed by atoms with E-state index in [9.17, 15) is 0 Å². The highest BCUT2D eigenvalue weighted by atomic mass is 14.5. The zero-order valence-corrected chi connectivity index (χ0v) is 14.6. The van der Waals surface area contributed by atoms with Gasteiger partial charge in [0.05, 0.1) is 0 Å². The maximum atomic E-state index is 2.39. The highest BCUT2D eigenvalue weighted by Gasteiger charge is 2.49. The Hall–Kier alpha value is -2.34. The molecule has 0 N–H and O–H groups in total. The van der Waals surface area contributed by atoms with E-state index in [0.717, 1.165) is 0 Å². The summed E-state index contributed by atoms with van der Waals surface area (Å²) in [6, 6.07) is 29.5. The van der Waals surface area contributed by atoms with Crippen molar-refractivity contribution < 1.29 is 0 Å². The lowest BCUT2D eigenvalue weighted by atomic mass is 9.60. The minimum Gasteiger partial charge on any atom is -0.0622 e. The lowest BCUT2D eigenvalue weighted by Crippen LogP contribution is -2.37. The Morgan fingerprint density at radius 3 is 1.68 bits per heavy atom. The molecule has 0 unspecified atom stereocenters. The van der Waals surface area contributed by atoms with Crippen LogP contribution in [0.3, 0.4) is 0 Å². The summed E-state index contributed by atoms with van der Waals surface area (Å²) in [6.45, 7) is 0. The van der Waals surface area contributed by atoms with Crippen LogP contribution in [0.5, 0.6) is 0 Å². The highest BCUT2D eigenvalue weighted by Crippen LogP contribution is 2.58. The van der Waals surface area contributed by atoms with Gasteiger partial charge < -0.3 is 0 Å². The molecule has 5 rings (SSSR count). The molecule has 0 nitrogen and oxygen atoms in total. The van der Waals surface area contributed by atoms with E-state index in [-0.39, 0.29) is 5.41 Å². The zero-order chi connectivity index (χ0) is 16.7. The topological polar surface area (TPSA) is 0 Å². The summed E-state index contributed by atoms with van der Waals surface area (Å²) in [6.07, 6.45) is 6.78. The maximum absolute atomic E-state index is 2.39. The molecule has 1 saturated carbocycles. The smallest absolute Gasteiger partial charge is 0.0491 e. The number of fused-ring (bicyclic) bond motifs is 3. The van der Waals surface area contributed by atoms with Crippen LogP contribution in [0, 0.1) is 5.92 Å². The van der Waals surface area contributed by atoms with Crippen LogP contribution < -0.4 is 0 Å². The Kier molecular flexibility index (Phi) is 3.52. The van der Waals surface area contributed by atoms with E-state index in [1.807, 2.05) is 0 Å². The highest BCUT2D eigenvalue weighted by molar-refractivity contribution is 5.83. The average Bonchev–Trinajstić information content (AvgIpc) is 3.01. The van der Waals surface area contributed by atoms with E-state index < -0.39 is 0 Å². The number of hydrogen-bond donors (Lipinski definition) is 0. The zero-order valence-electron chi connectivity index (χ0n) is 14.6. The van der Waals surface area contributed by atoms with Crippen molar-refractivity contribution in [1.29, 1.82) is 0 Å². The standard InChI is InChI=1S/C25H24/c1-3-11-19(12-4-1)25(20-13-5-2-6-14-20)23-17-9-7-15-21(23)22-16-8-10-18-24(22)25/h1,3-4,7-12,15-18,20H,2,5-6,13-14H2. The van der Waals surface area contributed by atoms with Crippen LogP contribution in [0.1, 0.15) is 48.8 Å². The van der Waals surface area contributed by atoms with E-state index in [4.69, 9.17) is 0 Å². The first-order valence-electron chi connectivity index (χ1n) is 9.67. The van der Waals surface area contributed by atoms with Crippen LogP contribution >= 0.6 is 0 Å². The van der Waals surface area contributed by atoms with E-state index in [0.29, 0.717) is 5.92 Å². The fourth-order valence-corrected chi connectivity index (χ4v) is 5.49. The van der Waals surface area contributed by atoms with Crippen molar-refractivity contribution in [1.82, 2.24) is 0 Å². The third kappa shape index (κ3) is 2.07. The lowest BCUT2D eigenvalue weighted by Gasteiger charge is -2.42. The van der Waals surface area contributed by atoms with Gasteiger partial charge in [0.25, 0.3) is 0 Å². The molecule has 3 aromatic carbocycles. The van der Waals surface area contributed by atoms with Gasteiger partial charge in [-0.2, -0.15) is 0 Å². The molecule has 0 heterocycles. The molecule has 0 aliphatic heterocycles. The van der Waals surface area contributed by atoms with Crippen LogP contribution in [0.15, 0.2) is 78.9 Å². The average molecular weight is 324 g/mol. The lowest BCUT2D eigenvalue weighted by molar-refractivity contribution is 0.275. The molecule has 0 saturated heterocycles. The van der Waals surface area contributed by atoms with Crippen LogP contribution in [-0.4, -0.2) is 0 Å². The van der Waals surface area contributed by atoms with Crippen molar-refractivity contribution in [3.05, 3.63) is 95.6 Å². The van der Waals surface area contributed by atoms with Gasteiger partial charge in [-0.15, -0.1) is 0 Å². The largest absolute Gasteiger partial charge is 0.0622 e. The number of rotatable bonds is 2. The molecule has 0 aromatic heterocycles. The predicted molar refractivity (Wildman–Crippen MR) is 105 cm³/mol. The van der Waals surface area contributed by atoms with Crippen molar-refractivity contribution in [3.63, 3.8) is 0 Å². The van der Waals surface area contributed by atoms with E-state index in [1.54, 1.807) is 0 Å². The molecule has 2 aliphatic rings. The van der Waals surface area contributed by atoms with Gasteiger partial charge in [0.1, 0.15) is 0 Å². The summed E-state index contributed by atoms with van der Waals surface area (Å²) in [4.78, 5) is 0. The minimum absolute atomic E-state index is 0.0227. The molecule has 25 heavy (non-hydrogen) atoms. The van der Waals surface area contributed by atoms with Crippen molar-refractivity contribution in [2.75, 3.05) is 0 Å². The molecular weight excluding hydrogens is 300 g/mol. The molecule has 0 bridgehead atoms. The van der Waals surface area contributed by atoms with Crippen LogP contribution in [0.4, 0.5) is 0 Å². The van der Waals surface area contributed by atoms with Gasteiger partial charge in [0.15, 0.2) is 0 Å². The molecule has 0 amide bonds. The van der Waals surface area contributed by atoms with Gasteiger partial charge in [0, 0.05) is 5.41 Å². The predicted octanol–water partition coefficient (Wildman–Crippen LogP) is 6.58. The third-order valence-corrected chi connectivity index (χ3v) is 6.44. The van der Waals surface area contributed by atoms with E-state index in [1.165, 1.54) is 59.9 Å². The van der Waals surface area contributed by atoms with Crippen molar-refractivity contribution >= 4 is 0 Å². The normalized spacial score (nSPS) is 18.6. The molecule has 2 aliphatic carbocycles. The Bertz CT molecular complexity index is 839. The van der Waals surface area contributed by atoms with Crippen molar-refractivity contribution in [2.24, 2.45) is 5.92 Å². The van der Waals surface area contributed by atoms with E-state index in [2.05, 4.69) is 78.9 Å². The minimum atomic E-state index is 0.0227. The first-order chi connectivity index (χ1) is 12.4. The summed E-state index contributed by atoms with van der Waals surface area (Å²) < 4.78 is 0. The second-order valence-corrected chi connectivity index (χ2v) is 7.60. The fraction of sp³-hybridized carbons (Fsp3) is 0.280. The van der Waals surface area contributed by atoms with Gasteiger partial charge in [0.2, 0.25) is 0 Å². The maximum Gasteiger partial charge on any atom is 0.0491 e.